The Balaban J connectivity index is 0.000000454. The number of hydrazone groups is 1. The van der Waals surface area contributed by atoms with E-state index >= 15 is 0 Å². The number of fused-ring (bicyclic) bond motifs is 5. The average Bonchev–Trinajstić information content (AvgIpc) is 3.12. The fourth-order valence-corrected chi connectivity index (χ4v) is 6.03. The number of carbonyl (C=O) groups excluding carboxylic acids is 1. The van der Waals surface area contributed by atoms with E-state index in [1.165, 1.54) is 11.1 Å². The number of hydrogen-bond donors (Lipinski definition) is 5. The van der Waals surface area contributed by atoms with Crippen LogP contribution in [0.5, 0.6) is 5.75 Å². The molecule has 5 atom stereocenters. The van der Waals surface area contributed by atoms with Crippen molar-refractivity contribution in [3.63, 3.8) is 0 Å². The number of aryl methyl sites for hydroxylation is 1. The topological polar surface area (TPSA) is 162 Å². The summed E-state index contributed by atoms with van der Waals surface area (Å²) in [7, 11) is 0. The molecular weight excluding hydrogens is 483 g/mol. The highest BCUT2D eigenvalue weighted by atomic mass is 19.4. The second-order valence-electron chi connectivity index (χ2n) is 9.84. The van der Waals surface area contributed by atoms with Gasteiger partial charge in [-0.15, -0.1) is 0 Å². The normalized spacial score (nSPS) is 28.6. The smallest absolute Gasteiger partial charge is 0.490 e. The van der Waals surface area contributed by atoms with Crippen LogP contribution in [-0.2, 0) is 20.8 Å². The van der Waals surface area contributed by atoms with Crippen LogP contribution in [0, 0.1) is 17.3 Å². The van der Waals surface area contributed by atoms with Gasteiger partial charge >= 0.3 is 18.1 Å². The van der Waals surface area contributed by atoms with Crippen molar-refractivity contribution >= 4 is 23.6 Å². The van der Waals surface area contributed by atoms with Gasteiger partial charge in [0.2, 0.25) is 0 Å². The third-order valence-corrected chi connectivity index (χ3v) is 7.73. The molecule has 0 aliphatic heterocycles. The molecule has 2 fully saturated rings. The highest BCUT2D eigenvalue weighted by Crippen LogP contribution is 2.59. The Hall–Kier alpha value is -3.15. The zero-order valence-electron chi connectivity index (χ0n) is 19.7. The van der Waals surface area contributed by atoms with Crippen molar-refractivity contribution in [3.05, 3.63) is 29.3 Å². The number of aromatic hydroxyl groups is 1. The highest BCUT2D eigenvalue weighted by molar-refractivity contribution is 5.94. The van der Waals surface area contributed by atoms with Crippen LogP contribution in [0.4, 0.5) is 13.2 Å². The second kappa shape index (κ2) is 10.5. The number of hydrogen-bond acceptors (Lipinski definition) is 6. The van der Waals surface area contributed by atoms with Crippen molar-refractivity contribution < 1.29 is 42.9 Å². The Labute approximate surface area is 205 Å². The predicted octanol–water partition coefficient (Wildman–Crippen LogP) is 3.16. The first-order valence-electron chi connectivity index (χ1n) is 11.7. The minimum absolute atomic E-state index is 0.0419. The molecule has 1 aromatic rings. The molecule has 9 nitrogen and oxygen atoms in total. The van der Waals surface area contributed by atoms with Crippen LogP contribution in [0.15, 0.2) is 23.3 Å². The minimum Gasteiger partial charge on any atom is -0.508 e. The Morgan fingerprint density at radius 1 is 1.19 bits per heavy atom. The van der Waals surface area contributed by atoms with Gasteiger partial charge in [0.15, 0.2) is 0 Å². The molecular formula is C24H30F3N3O6. The summed E-state index contributed by atoms with van der Waals surface area (Å²) in [6.45, 7) is 2.26. The summed E-state index contributed by atoms with van der Waals surface area (Å²) in [5, 5.41) is 30.1. The number of nitrogens with two attached hydrogens (primary N) is 1. The molecule has 0 radical (unpaired) electrons. The second-order valence-corrected chi connectivity index (χ2v) is 9.84. The van der Waals surface area contributed by atoms with Gasteiger partial charge in [-0.1, -0.05) is 13.0 Å². The van der Waals surface area contributed by atoms with Gasteiger partial charge in [0, 0.05) is 11.1 Å². The van der Waals surface area contributed by atoms with Gasteiger partial charge in [-0.25, -0.2) is 10.2 Å². The summed E-state index contributed by atoms with van der Waals surface area (Å²) < 4.78 is 31.7. The van der Waals surface area contributed by atoms with Crippen LogP contribution in [-0.4, -0.2) is 51.1 Å². The predicted molar refractivity (Wildman–Crippen MR) is 122 cm³/mol. The van der Waals surface area contributed by atoms with Gasteiger partial charge in [0.25, 0.3) is 5.91 Å². The molecule has 3 aliphatic carbocycles. The van der Waals surface area contributed by atoms with E-state index in [9.17, 15) is 27.9 Å². The van der Waals surface area contributed by atoms with Gasteiger partial charge in [0.1, 0.15) is 5.75 Å². The third kappa shape index (κ3) is 5.80. The van der Waals surface area contributed by atoms with Gasteiger partial charge < -0.3 is 21.1 Å². The first kappa shape index (κ1) is 27.4. The molecule has 0 bridgehead atoms. The molecule has 6 N–H and O–H groups in total. The summed E-state index contributed by atoms with van der Waals surface area (Å²) in [5.41, 5.74) is 11.8. The maximum atomic E-state index is 12.1. The maximum absolute atomic E-state index is 12.1. The van der Waals surface area contributed by atoms with E-state index in [1.807, 2.05) is 6.07 Å². The van der Waals surface area contributed by atoms with Gasteiger partial charge in [-0.05, 0) is 79.5 Å². The van der Waals surface area contributed by atoms with Crippen LogP contribution in [0.2, 0.25) is 0 Å². The van der Waals surface area contributed by atoms with Crippen molar-refractivity contribution in [1.29, 1.82) is 0 Å². The van der Waals surface area contributed by atoms with E-state index in [-0.39, 0.29) is 5.41 Å². The van der Waals surface area contributed by atoms with Gasteiger partial charge in [-0.2, -0.15) is 18.3 Å². The maximum Gasteiger partial charge on any atom is 0.490 e. The van der Waals surface area contributed by atoms with E-state index in [1.54, 1.807) is 6.07 Å². The van der Waals surface area contributed by atoms with Crippen molar-refractivity contribution in [2.24, 2.45) is 28.1 Å². The van der Waals surface area contributed by atoms with Crippen molar-refractivity contribution in [2.75, 3.05) is 0 Å². The molecule has 12 heteroatoms. The lowest BCUT2D eigenvalue weighted by molar-refractivity contribution is -0.192. The number of carboxylic acid groups (broad SMARTS) is 2. The Bertz CT molecular complexity index is 1060. The summed E-state index contributed by atoms with van der Waals surface area (Å²) in [4.78, 5) is 31.7. The monoisotopic (exact) mass is 513 g/mol. The fourth-order valence-electron chi connectivity index (χ4n) is 6.03. The number of rotatable bonds is 4. The molecule has 36 heavy (non-hydrogen) atoms. The van der Waals surface area contributed by atoms with Crippen LogP contribution < -0.4 is 11.2 Å². The average molecular weight is 514 g/mol. The third-order valence-electron chi connectivity index (χ3n) is 7.73. The number of carboxylic acids is 2. The van der Waals surface area contributed by atoms with Gasteiger partial charge in [-0.3, -0.25) is 9.59 Å². The number of halogens is 3. The molecule has 198 valence electrons. The molecule has 4 rings (SSSR count). The van der Waals surface area contributed by atoms with E-state index in [2.05, 4.69) is 23.5 Å². The lowest BCUT2D eigenvalue weighted by atomic mass is 9.55. The van der Waals surface area contributed by atoms with E-state index < -0.39 is 36.5 Å². The Morgan fingerprint density at radius 3 is 2.47 bits per heavy atom. The largest absolute Gasteiger partial charge is 0.508 e. The van der Waals surface area contributed by atoms with Crippen LogP contribution in [0.25, 0.3) is 0 Å². The minimum atomic E-state index is -5.08. The highest BCUT2D eigenvalue weighted by Gasteiger charge is 2.53. The quantitative estimate of drug-likeness (QED) is 0.386. The zero-order chi connectivity index (χ0) is 26.8. The Morgan fingerprint density at radius 2 is 1.86 bits per heavy atom. The molecule has 0 saturated heterocycles. The number of amides is 1. The summed E-state index contributed by atoms with van der Waals surface area (Å²) >= 11 is 0. The number of phenols is 1. The number of nitrogens with zero attached hydrogens (tertiary/aromatic N) is 1. The molecule has 1 amide bonds. The molecule has 3 aliphatic rings. The van der Waals surface area contributed by atoms with E-state index in [0.29, 0.717) is 23.5 Å². The molecule has 0 aromatic heterocycles. The SMILES string of the molecule is C[C@]12CC[C@@H]3c4ccc(O)cc4CC[C@H]3[C@@H]1CC/C2=N\NC(=O)[C@@H](N)CC(=O)O.O=C(O)C(F)(F)F. The van der Waals surface area contributed by atoms with E-state index in [0.717, 1.165) is 44.2 Å². The molecule has 0 spiro atoms. The number of alkyl halides is 3. The summed E-state index contributed by atoms with van der Waals surface area (Å²) in [6.07, 6.45) is 0.600. The summed E-state index contributed by atoms with van der Waals surface area (Å²) in [6, 6.07) is 4.71. The first-order valence-corrected chi connectivity index (χ1v) is 11.7. The van der Waals surface area contributed by atoms with Crippen LogP contribution >= 0.6 is 0 Å². The van der Waals surface area contributed by atoms with Crippen molar-refractivity contribution in [2.45, 2.75) is 70.0 Å². The van der Waals surface area contributed by atoms with Crippen molar-refractivity contribution in [1.82, 2.24) is 5.43 Å². The first-order chi connectivity index (χ1) is 16.7. The zero-order valence-corrected chi connectivity index (χ0v) is 19.7. The number of phenolic OH excluding ortho intramolecular Hbond substituents is 1. The fraction of sp³-hybridized carbons (Fsp3) is 0.583. The van der Waals surface area contributed by atoms with Gasteiger partial charge in [0.05, 0.1) is 12.5 Å². The molecule has 0 heterocycles. The number of carbonyl (C=O) groups is 3. The van der Waals surface area contributed by atoms with Crippen molar-refractivity contribution in [3.8, 4) is 5.75 Å². The number of benzene rings is 1. The number of aliphatic carboxylic acids is 2. The van der Waals surface area contributed by atoms with Crippen LogP contribution in [0.1, 0.15) is 62.5 Å². The standard InChI is InChI=1S/C22H29N3O4.C2HF3O2/c1-22-9-8-15-14-5-3-13(26)10-12(14)2-4-16(15)17(22)6-7-19(22)24-25-21(29)18(23)11-20(27)28;3-2(4,5)1(6)7/h3,5,10,15-18,26H,2,4,6-9,11,23H2,1H3,(H,25,29)(H,27,28);(H,6,7)/b24-19+;/t15-,16-,17+,18+,22+;/m1./s1. The Kier molecular flexibility index (Phi) is 7.97. The number of nitrogens with one attached hydrogen (secondary N) is 1. The summed E-state index contributed by atoms with van der Waals surface area (Å²) in [5.74, 6) is -2.43. The lowest BCUT2D eigenvalue weighted by Gasteiger charge is -2.49. The lowest BCUT2D eigenvalue weighted by Crippen LogP contribution is -2.44. The molecule has 0 unspecified atom stereocenters. The molecule has 2 saturated carbocycles. The van der Waals surface area contributed by atoms with Crippen LogP contribution in [0.3, 0.4) is 0 Å². The molecule has 1 aromatic carbocycles. The van der Waals surface area contributed by atoms with E-state index in [4.69, 9.17) is 20.7 Å².